The zero-order chi connectivity index (χ0) is 14.7. The number of likely N-dealkylation sites (tertiary alicyclic amines) is 1. The highest BCUT2D eigenvalue weighted by Gasteiger charge is 2.24. The second kappa shape index (κ2) is 6.50. The Morgan fingerprint density at radius 1 is 1.29 bits per heavy atom. The standard InChI is InChI=1S/C18H25NO2/c1-2-15(18(20)19-9-4-3-5-10-19)12-14-6-7-17-16(13-14)8-11-21-17/h6-7,13,15H,2-5,8-12H2,1H3. The van der Waals surface area contributed by atoms with Gasteiger partial charge in [-0.2, -0.15) is 0 Å². The molecular weight excluding hydrogens is 262 g/mol. The van der Waals surface area contributed by atoms with Gasteiger partial charge in [-0.25, -0.2) is 0 Å². The van der Waals surface area contributed by atoms with E-state index in [-0.39, 0.29) is 5.92 Å². The lowest BCUT2D eigenvalue weighted by molar-refractivity contribution is -0.136. The summed E-state index contributed by atoms with van der Waals surface area (Å²) in [5, 5.41) is 0. The minimum Gasteiger partial charge on any atom is -0.493 e. The zero-order valence-corrected chi connectivity index (χ0v) is 12.9. The van der Waals surface area contributed by atoms with Crippen LogP contribution < -0.4 is 4.74 Å². The maximum absolute atomic E-state index is 12.7. The zero-order valence-electron chi connectivity index (χ0n) is 12.9. The lowest BCUT2D eigenvalue weighted by atomic mass is 9.93. The molecule has 1 amide bonds. The second-order valence-electron chi connectivity index (χ2n) is 6.24. The van der Waals surface area contributed by atoms with E-state index >= 15 is 0 Å². The maximum atomic E-state index is 12.7. The Morgan fingerprint density at radius 2 is 2.10 bits per heavy atom. The van der Waals surface area contributed by atoms with Crippen LogP contribution in [0.4, 0.5) is 0 Å². The third-order valence-corrected chi connectivity index (χ3v) is 4.75. The second-order valence-corrected chi connectivity index (χ2v) is 6.24. The van der Waals surface area contributed by atoms with Crippen molar-refractivity contribution in [2.45, 2.75) is 45.4 Å². The molecule has 0 aliphatic carbocycles. The summed E-state index contributed by atoms with van der Waals surface area (Å²) < 4.78 is 5.55. The molecule has 3 nitrogen and oxygen atoms in total. The summed E-state index contributed by atoms with van der Waals surface area (Å²) in [4.78, 5) is 14.7. The van der Waals surface area contributed by atoms with E-state index in [0.29, 0.717) is 5.91 Å². The number of carbonyl (C=O) groups is 1. The molecule has 0 aromatic heterocycles. The fourth-order valence-corrected chi connectivity index (χ4v) is 3.43. The Hall–Kier alpha value is -1.51. The van der Waals surface area contributed by atoms with E-state index in [1.165, 1.54) is 30.4 Å². The van der Waals surface area contributed by atoms with Gasteiger partial charge in [0, 0.05) is 25.4 Å². The Kier molecular flexibility index (Phi) is 4.47. The molecule has 1 saturated heterocycles. The van der Waals surface area contributed by atoms with Crippen LogP contribution in [-0.2, 0) is 17.6 Å². The predicted molar refractivity (Wildman–Crippen MR) is 83.6 cm³/mol. The van der Waals surface area contributed by atoms with E-state index in [0.717, 1.165) is 44.7 Å². The number of nitrogens with zero attached hydrogens (tertiary/aromatic N) is 1. The van der Waals surface area contributed by atoms with Crippen molar-refractivity contribution in [3.05, 3.63) is 29.3 Å². The van der Waals surface area contributed by atoms with Crippen LogP contribution in [0.2, 0.25) is 0 Å². The van der Waals surface area contributed by atoms with Gasteiger partial charge in [0.15, 0.2) is 0 Å². The van der Waals surface area contributed by atoms with Gasteiger partial charge in [0.05, 0.1) is 6.61 Å². The molecule has 0 N–H and O–H groups in total. The van der Waals surface area contributed by atoms with E-state index in [9.17, 15) is 4.79 Å². The van der Waals surface area contributed by atoms with Crippen molar-refractivity contribution in [1.29, 1.82) is 0 Å². The SMILES string of the molecule is CCC(Cc1ccc2c(c1)CCO2)C(=O)N1CCCCC1. The maximum Gasteiger partial charge on any atom is 0.226 e. The first-order chi connectivity index (χ1) is 10.3. The highest BCUT2D eigenvalue weighted by atomic mass is 16.5. The highest BCUT2D eigenvalue weighted by molar-refractivity contribution is 5.79. The third kappa shape index (κ3) is 3.22. The van der Waals surface area contributed by atoms with Crippen molar-refractivity contribution >= 4 is 5.91 Å². The van der Waals surface area contributed by atoms with Crippen molar-refractivity contribution in [3.63, 3.8) is 0 Å². The van der Waals surface area contributed by atoms with Crippen LogP contribution in [0, 0.1) is 5.92 Å². The van der Waals surface area contributed by atoms with Gasteiger partial charge >= 0.3 is 0 Å². The fourth-order valence-electron chi connectivity index (χ4n) is 3.43. The largest absolute Gasteiger partial charge is 0.493 e. The van der Waals surface area contributed by atoms with Crippen molar-refractivity contribution in [1.82, 2.24) is 4.90 Å². The Balaban J connectivity index is 1.67. The van der Waals surface area contributed by atoms with Gasteiger partial charge in [-0.3, -0.25) is 4.79 Å². The van der Waals surface area contributed by atoms with Crippen LogP contribution in [0.3, 0.4) is 0 Å². The molecule has 1 unspecified atom stereocenters. The minimum absolute atomic E-state index is 0.128. The van der Waals surface area contributed by atoms with Gasteiger partial charge in [0.25, 0.3) is 0 Å². The van der Waals surface area contributed by atoms with Crippen LogP contribution >= 0.6 is 0 Å². The molecule has 1 aromatic rings. The molecule has 0 spiro atoms. The molecule has 0 bridgehead atoms. The molecule has 1 aromatic carbocycles. The van der Waals surface area contributed by atoms with Crippen LogP contribution in [0.15, 0.2) is 18.2 Å². The summed E-state index contributed by atoms with van der Waals surface area (Å²) in [5.41, 5.74) is 2.57. The summed E-state index contributed by atoms with van der Waals surface area (Å²) >= 11 is 0. The van der Waals surface area contributed by atoms with Crippen LogP contribution in [0.1, 0.15) is 43.7 Å². The molecule has 3 rings (SSSR count). The molecule has 0 radical (unpaired) electrons. The lowest BCUT2D eigenvalue weighted by Crippen LogP contribution is -2.40. The van der Waals surface area contributed by atoms with E-state index in [2.05, 4.69) is 30.0 Å². The number of amides is 1. The van der Waals surface area contributed by atoms with Gasteiger partial charge < -0.3 is 9.64 Å². The highest BCUT2D eigenvalue weighted by Crippen LogP contribution is 2.27. The van der Waals surface area contributed by atoms with Gasteiger partial charge in [-0.1, -0.05) is 19.1 Å². The third-order valence-electron chi connectivity index (χ3n) is 4.75. The monoisotopic (exact) mass is 287 g/mol. The lowest BCUT2D eigenvalue weighted by Gasteiger charge is -2.30. The Labute approximate surface area is 127 Å². The van der Waals surface area contributed by atoms with Crippen LogP contribution in [0.5, 0.6) is 5.75 Å². The van der Waals surface area contributed by atoms with Crippen molar-refractivity contribution in [3.8, 4) is 5.75 Å². The Bertz CT molecular complexity index is 506. The average molecular weight is 287 g/mol. The topological polar surface area (TPSA) is 29.5 Å². The first-order valence-corrected chi connectivity index (χ1v) is 8.31. The van der Waals surface area contributed by atoms with Crippen molar-refractivity contribution in [2.24, 2.45) is 5.92 Å². The molecule has 1 atom stereocenters. The number of rotatable bonds is 4. The normalized spacial score (nSPS) is 19.0. The number of fused-ring (bicyclic) bond motifs is 1. The number of hydrogen-bond donors (Lipinski definition) is 0. The van der Waals surface area contributed by atoms with Crippen molar-refractivity contribution < 1.29 is 9.53 Å². The molecule has 2 aliphatic heterocycles. The quantitative estimate of drug-likeness (QED) is 0.851. The summed E-state index contributed by atoms with van der Waals surface area (Å²) in [5.74, 6) is 1.51. The van der Waals surface area contributed by atoms with Gasteiger partial charge in [0.1, 0.15) is 5.75 Å². The Morgan fingerprint density at radius 3 is 2.86 bits per heavy atom. The number of hydrogen-bond acceptors (Lipinski definition) is 2. The molecule has 21 heavy (non-hydrogen) atoms. The number of piperidine rings is 1. The number of ether oxygens (including phenoxy) is 1. The molecule has 1 fully saturated rings. The van der Waals surface area contributed by atoms with Crippen LogP contribution in [-0.4, -0.2) is 30.5 Å². The first kappa shape index (κ1) is 14.4. The molecule has 2 aliphatic rings. The number of carbonyl (C=O) groups excluding carboxylic acids is 1. The van der Waals surface area contributed by atoms with Gasteiger partial charge in [-0.15, -0.1) is 0 Å². The minimum atomic E-state index is 0.128. The van der Waals surface area contributed by atoms with Gasteiger partial charge in [-0.05, 0) is 49.3 Å². The molecule has 114 valence electrons. The van der Waals surface area contributed by atoms with Crippen molar-refractivity contribution in [2.75, 3.05) is 19.7 Å². The summed E-state index contributed by atoms with van der Waals surface area (Å²) in [7, 11) is 0. The van der Waals surface area contributed by atoms with E-state index < -0.39 is 0 Å². The first-order valence-electron chi connectivity index (χ1n) is 8.31. The van der Waals surface area contributed by atoms with E-state index in [1.807, 2.05) is 0 Å². The summed E-state index contributed by atoms with van der Waals surface area (Å²) in [6.07, 6.45) is 6.38. The molecular formula is C18H25NO2. The molecule has 0 saturated carbocycles. The average Bonchev–Trinajstić information content (AvgIpc) is 3.00. The van der Waals surface area contributed by atoms with Crippen LogP contribution in [0.25, 0.3) is 0 Å². The number of benzene rings is 1. The van der Waals surface area contributed by atoms with E-state index in [4.69, 9.17) is 4.74 Å². The molecule has 3 heteroatoms. The molecule has 2 heterocycles. The summed E-state index contributed by atoms with van der Waals surface area (Å²) in [6.45, 7) is 4.83. The predicted octanol–water partition coefficient (Wildman–Crippen LogP) is 3.20. The smallest absolute Gasteiger partial charge is 0.226 e. The fraction of sp³-hybridized carbons (Fsp3) is 0.611. The van der Waals surface area contributed by atoms with E-state index in [1.54, 1.807) is 0 Å². The van der Waals surface area contributed by atoms with Gasteiger partial charge in [0.2, 0.25) is 5.91 Å². The summed E-state index contributed by atoms with van der Waals surface area (Å²) in [6, 6.07) is 6.42.